The van der Waals surface area contributed by atoms with Crippen molar-refractivity contribution in [3.63, 3.8) is 0 Å². The molecule has 2 amide bonds. The number of methoxy groups -OCH3 is 1. The fraction of sp³-hybridized carbons (Fsp3) is 0.100. The summed E-state index contributed by atoms with van der Waals surface area (Å²) in [5, 5.41) is 25.3. The van der Waals surface area contributed by atoms with Gasteiger partial charge < -0.3 is 10.1 Å². The van der Waals surface area contributed by atoms with E-state index in [0.717, 1.165) is 5.56 Å². The number of nitrogens with zero attached hydrogens (tertiary/aromatic N) is 6. The van der Waals surface area contributed by atoms with Crippen LogP contribution in [0.2, 0.25) is 10.2 Å². The van der Waals surface area contributed by atoms with Gasteiger partial charge >= 0.3 is 6.09 Å². The van der Waals surface area contributed by atoms with Crippen LogP contribution in [0.5, 0.6) is 0 Å². The molecule has 0 radical (unpaired) electrons. The summed E-state index contributed by atoms with van der Waals surface area (Å²) in [7, 11) is 1.18. The standard InChI is InChI=1S/C30H23Cl2FN8O3/c1-44-30(43)36-24-10-7-19(15-23(24)33)22-16-26(37-38-29(22)32)25(13-18-5-3-2-4-6-18)35-28(42)12-8-20-14-21(31)9-11-27(20)41-17-34-39-40-41/h2-12,14-17,25H,13H2,1H3,(H,35,42)(H,36,43). The fourth-order valence-corrected chi connectivity index (χ4v) is 4.70. The first kappa shape index (κ1) is 30.3. The molecule has 1 atom stereocenters. The summed E-state index contributed by atoms with van der Waals surface area (Å²) < 4.78 is 20.8. The molecule has 5 rings (SSSR count). The number of tetrazole rings is 1. The average molecular weight is 633 g/mol. The largest absolute Gasteiger partial charge is 0.453 e. The minimum atomic E-state index is -0.807. The Bertz CT molecular complexity index is 1820. The molecule has 0 bridgehead atoms. The van der Waals surface area contributed by atoms with Gasteiger partial charge in [-0.1, -0.05) is 59.6 Å². The van der Waals surface area contributed by atoms with Crippen molar-refractivity contribution in [2.45, 2.75) is 12.5 Å². The van der Waals surface area contributed by atoms with Gasteiger partial charge in [-0.3, -0.25) is 10.1 Å². The number of hydrogen-bond donors (Lipinski definition) is 2. The highest BCUT2D eigenvalue weighted by Crippen LogP contribution is 2.31. The smallest absolute Gasteiger partial charge is 0.411 e. The summed E-state index contributed by atoms with van der Waals surface area (Å²) in [4.78, 5) is 24.8. The van der Waals surface area contributed by atoms with E-state index in [2.05, 4.69) is 41.1 Å². The number of hydrogen-bond acceptors (Lipinski definition) is 8. The van der Waals surface area contributed by atoms with Crippen molar-refractivity contribution in [1.82, 2.24) is 35.7 Å². The zero-order valence-electron chi connectivity index (χ0n) is 23.0. The van der Waals surface area contributed by atoms with Crippen LogP contribution in [0, 0.1) is 5.82 Å². The summed E-state index contributed by atoms with van der Waals surface area (Å²) in [6.07, 6.45) is 3.97. The van der Waals surface area contributed by atoms with Crippen LogP contribution in [-0.2, 0) is 16.0 Å². The highest BCUT2D eigenvalue weighted by Gasteiger charge is 2.20. The molecule has 0 aliphatic carbocycles. The number of benzene rings is 3. The second kappa shape index (κ2) is 13.8. The van der Waals surface area contributed by atoms with Crippen molar-refractivity contribution in [1.29, 1.82) is 0 Å². The molecule has 44 heavy (non-hydrogen) atoms. The third kappa shape index (κ3) is 7.41. The molecule has 2 heterocycles. The first-order chi connectivity index (χ1) is 21.3. The molecule has 2 N–H and O–H groups in total. The van der Waals surface area contributed by atoms with Crippen LogP contribution < -0.4 is 10.6 Å². The second-order valence-electron chi connectivity index (χ2n) is 9.33. The van der Waals surface area contributed by atoms with E-state index in [0.29, 0.717) is 39.5 Å². The lowest BCUT2D eigenvalue weighted by Crippen LogP contribution is -2.29. The van der Waals surface area contributed by atoms with Crippen molar-refractivity contribution < 1.29 is 18.7 Å². The summed E-state index contributed by atoms with van der Waals surface area (Å²) in [6.45, 7) is 0. The summed E-state index contributed by atoms with van der Waals surface area (Å²) in [5.74, 6) is -1.13. The lowest BCUT2D eigenvalue weighted by Gasteiger charge is -2.18. The van der Waals surface area contributed by atoms with Gasteiger partial charge in [-0.05, 0) is 70.4 Å². The Morgan fingerprint density at radius 1 is 1.05 bits per heavy atom. The Morgan fingerprint density at radius 2 is 1.86 bits per heavy atom. The maximum atomic E-state index is 14.8. The number of rotatable bonds is 9. The molecule has 14 heteroatoms. The fourth-order valence-electron chi connectivity index (χ4n) is 4.31. The molecule has 3 aromatic carbocycles. The summed E-state index contributed by atoms with van der Waals surface area (Å²) in [6, 6.07) is 19.8. The van der Waals surface area contributed by atoms with Gasteiger partial charge in [-0.2, -0.15) is 9.78 Å². The highest BCUT2D eigenvalue weighted by atomic mass is 35.5. The topological polar surface area (TPSA) is 137 Å². The normalized spacial score (nSPS) is 11.7. The lowest BCUT2D eigenvalue weighted by atomic mass is 10.00. The number of aromatic nitrogens is 6. The van der Waals surface area contributed by atoms with Crippen LogP contribution in [0.4, 0.5) is 14.9 Å². The third-order valence-corrected chi connectivity index (χ3v) is 6.94. The molecule has 0 spiro atoms. The van der Waals surface area contributed by atoms with E-state index in [1.165, 1.54) is 36.3 Å². The van der Waals surface area contributed by atoms with Crippen LogP contribution >= 0.6 is 23.2 Å². The molecule has 2 aromatic heterocycles. The van der Waals surface area contributed by atoms with Crippen LogP contribution in [0.1, 0.15) is 22.9 Å². The minimum Gasteiger partial charge on any atom is -0.453 e. The monoisotopic (exact) mass is 632 g/mol. The zero-order valence-corrected chi connectivity index (χ0v) is 24.5. The van der Waals surface area contributed by atoms with Gasteiger partial charge in [0.25, 0.3) is 0 Å². The van der Waals surface area contributed by atoms with E-state index in [9.17, 15) is 14.0 Å². The van der Waals surface area contributed by atoms with Crippen LogP contribution in [0.15, 0.2) is 85.2 Å². The number of anilines is 1. The highest BCUT2D eigenvalue weighted by molar-refractivity contribution is 6.32. The zero-order chi connectivity index (χ0) is 31.1. The molecular formula is C30H23Cl2FN8O3. The van der Waals surface area contributed by atoms with Gasteiger partial charge in [0.2, 0.25) is 5.91 Å². The summed E-state index contributed by atoms with van der Waals surface area (Å²) in [5.41, 5.74) is 3.26. The van der Waals surface area contributed by atoms with Crippen LogP contribution in [0.25, 0.3) is 22.9 Å². The molecule has 222 valence electrons. The van der Waals surface area contributed by atoms with Crippen molar-refractivity contribution in [3.05, 3.63) is 118 Å². The van der Waals surface area contributed by atoms with Crippen molar-refractivity contribution in [3.8, 4) is 16.8 Å². The molecule has 11 nitrogen and oxygen atoms in total. The Kier molecular flexibility index (Phi) is 9.52. The number of amides is 2. The van der Waals surface area contributed by atoms with Crippen LogP contribution in [0.3, 0.4) is 0 Å². The molecule has 0 fully saturated rings. The van der Waals surface area contributed by atoms with Gasteiger partial charge in [0, 0.05) is 22.2 Å². The number of carbonyl (C=O) groups excluding carboxylic acids is 2. The predicted octanol–water partition coefficient (Wildman–Crippen LogP) is 5.86. The van der Waals surface area contributed by atoms with Gasteiger partial charge in [0.15, 0.2) is 5.15 Å². The maximum absolute atomic E-state index is 14.8. The maximum Gasteiger partial charge on any atom is 0.411 e. The summed E-state index contributed by atoms with van der Waals surface area (Å²) >= 11 is 12.6. The van der Waals surface area contributed by atoms with Crippen LogP contribution in [-0.4, -0.2) is 49.5 Å². The first-order valence-corrected chi connectivity index (χ1v) is 13.8. The molecular weight excluding hydrogens is 610 g/mol. The Labute approximate surface area is 260 Å². The van der Waals surface area contributed by atoms with Crippen molar-refractivity contribution >= 4 is 47.0 Å². The molecule has 0 aliphatic rings. The quantitative estimate of drug-likeness (QED) is 0.193. The second-order valence-corrected chi connectivity index (χ2v) is 10.1. The van der Waals surface area contributed by atoms with E-state index in [1.807, 2.05) is 30.3 Å². The molecule has 0 aliphatic heterocycles. The number of ether oxygens (including phenoxy) is 1. The van der Waals surface area contributed by atoms with Gasteiger partial charge in [0.05, 0.1) is 30.2 Å². The number of halogens is 3. The SMILES string of the molecule is COC(=O)Nc1ccc(-c2cc(C(Cc3ccccc3)NC(=O)C=Cc3cc(Cl)ccc3-n3cnnn3)nnc2Cl)cc1F. The Morgan fingerprint density at radius 3 is 2.59 bits per heavy atom. The first-order valence-electron chi connectivity index (χ1n) is 13.0. The van der Waals surface area contributed by atoms with E-state index in [4.69, 9.17) is 23.2 Å². The molecule has 0 saturated heterocycles. The lowest BCUT2D eigenvalue weighted by molar-refractivity contribution is -0.117. The van der Waals surface area contributed by atoms with E-state index >= 15 is 0 Å². The molecule has 1 unspecified atom stereocenters. The average Bonchev–Trinajstić information content (AvgIpc) is 3.56. The Balaban J connectivity index is 1.44. The van der Waals surface area contributed by atoms with Crippen molar-refractivity contribution in [2.75, 3.05) is 12.4 Å². The number of carbonyl (C=O) groups is 2. The Hall–Kier alpha value is -5.20. The van der Waals surface area contributed by atoms with E-state index in [-0.39, 0.29) is 10.8 Å². The van der Waals surface area contributed by atoms with E-state index < -0.39 is 23.9 Å². The van der Waals surface area contributed by atoms with Gasteiger partial charge in [-0.25, -0.2) is 9.18 Å². The van der Waals surface area contributed by atoms with Crippen molar-refractivity contribution in [2.24, 2.45) is 0 Å². The molecule has 5 aromatic rings. The van der Waals surface area contributed by atoms with Gasteiger partial charge in [0.1, 0.15) is 12.1 Å². The number of nitrogens with one attached hydrogen (secondary N) is 2. The predicted molar refractivity (Wildman–Crippen MR) is 163 cm³/mol. The third-order valence-electron chi connectivity index (χ3n) is 6.43. The van der Waals surface area contributed by atoms with Gasteiger partial charge in [-0.15, -0.1) is 10.2 Å². The minimum absolute atomic E-state index is 0.0302. The molecule has 0 saturated carbocycles. The van der Waals surface area contributed by atoms with E-state index in [1.54, 1.807) is 36.4 Å².